The fourth-order valence-electron chi connectivity index (χ4n) is 1.70. The first-order chi connectivity index (χ1) is 11.4. The first kappa shape index (κ1) is 19.9. The van der Waals surface area contributed by atoms with E-state index < -0.39 is 50.0 Å². The van der Waals surface area contributed by atoms with E-state index in [2.05, 4.69) is 4.74 Å². The predicted molar refractivity (Wildman–Crippen MR) is 83.4 cm³/mol. The average molecular weight is 510 g/mol. The van der Waals surface area contributed by atoms with Gasteiger partial charge in [0.2, 0.25) is 17.4 Å². The van der Waals surface area contributed by atoms with E-state index in [1.807, 2.05) is 0 Å². The minimum absolute atomic E-state index is 0.175. The number of esters is 1. The lowest BCUT2D eigenvalue weighted by molar-refractivity contribution is 0.0716. The maximum absolute atomic E-state index is 13.8. The number of carbonyl (C=O) groups is 1. The van der Waals surface area contributed by atoms with Gasteiger partial charge >= 0.3 is 5.97 Å². The number of hydrogen-bond acceptors (Lipinski definition) is 5. The Hall–Kier alpha value is -1.44. The summed E-state index contributed by atoms with van der Waals surface area (Å²) in [5.74, 6) is -13.0. The monoisotopic (exact) mass is 509 g/mol. The second-order valence-corrected chi connectivity index (χ2v) is 7.35. The van der Waals surface area contributed by atoms with Crippen molar-refractivity contribution < 1.29 is 40.1 Å². The lowest BCUT2D eigenvalue weighted by Crippen LogP contribution is -2.16. The summed E-state index contributed by atoms with van der Waals surface area (Å²) in [5.41, 5.74) is -0.367. The van der Waals surface area contributed by atoms with Crippen LogP contribution in [-0.4, -0.2) is 18.9 Å². The number of ether oxygens (including phenoxy) is 1. The summed E-state index contributed by atoms with van der Waals surface area (Å²) in [6.45, 7) is 0. The summed E-state index contributed by atoms with van der Waals surface area (Å²) in [7, 11) is -5.86. The van der Waals surface area contributed by atoms with Gasteiger partial charge in [-0.2, -0.15) is 8.78 Å². The molecule has 0 N–H and O–H groups in total. The Balaban J connectivity index is 2.58. The smallest absolute Gasteiger partial charge is 0.345 e. The standard InChI is InChI=1S/C13H4ClF4IO5S/c14-6-2-1-4(19)3-5(6)13(20)24-11-7(15)9(17)12(25(21,22)23)10(18)8(11)16/h1-3H,(H,21,22,23)/p-1. The van der Waals surface area contributed by atoms with E-state index in [1.165, 1.54) is 18.2 Å². The van der Waals surface area contributed by atoms with Gasteiger partial charge in [-0.25, -0.2) is 22.0 Å². The third kappa shape index (κ3) is 3.88. The lowest BCUT2D eigenvalue weighted by Gasteiger charge is -2.14. The molecular formula is C13H3ClF4IO5S-. The molecule has 0 unspecified atom stereocenters. The van der Waals surface area contributed by atoms with Crippen molar-refractivity contribution in [2.24, 2.45) is 0 Å². The van der Waals surface area contributed by atoms with E-state index in [4.69, 9.17) is 11.6 Å². The molecule has 134 valence electrons. The van der Waals surface area contributed by atoms with Gasteiger partial charge in [-0.15, -0.1) is 0 Å². The second kappa shape index (κ2) is 7.05. The first-order valence-corrected chi connectivity index (χ1v) is 8.80. The largest absolute Gasteiger partial charge is 0.744 e. The molecule has 2 aromatic rings. The third-order valence-corrected chi connectivity index (χ3v) is 4.63. The molecule has 0 spiro atoms. The van der Waals surface area contributed by atoms with Crippen LogP contribution in [0.15, 0.2) is 23.1 Å². The molecule has 0 heterocycles. The summed E-state index contributed by atoms with van der Waals surface area (Å²) in [6.07, 6.45) is 0. The second-order valence-electron chi connectivity index (χ2n) is 4.38. The van der Waals surface area contributed by atoms with Gasteiger partial charge in [0.05, 0.1) is 10.6 Å². The highest BCUT2D eigenvalue weighted by molar-refractivity contribution is 14.1. The van der Waals surface area contributed by atoms with Gasteiger partial charge in [0.25, 0.3) is 0 Å². The number of carbonyl (C=O) groups excluding carboxylic acids is 1. The van der Waals surface area contributed by atoms with Crippen molar-refractivity contribution in [1.29, 1.82) is 0 Å². The molecule has 0 aliphatic heterocycles. The minimum Gasteiger partial charge on any atom is -0.744 e. The molecule has 12 heteroatoms. The van der Waals surface area contributed by atoms with Crippen molar-refractivity contribution in [3.63, 3.8) is 0 Å². The molecule has 0 radical (unpaired) electrons. The number of rotatable bonds is 3. The Morgan fingerprint density at radius 2 is 1.60 bits per heavy atom. The first-order valence-electron chi connectivity index (χ1n) is 5.94. The molecule has 25 heavy (non-hydrogen) atoms. The zero-order valence-electron chi connectivity index (χ0n) is 11.4. The molecule has 0 amide bonds. The molecule has 0 aliphatic rings. The SMILES string of the molecule is O=C(Oc1c(F)c(F)c(S(=O)(=O)[O-])c(F)c1F)c1cc(I)ccc1Cl. The van der Waals surface area contributed by atoms with Crippen LogP contribution >= 0.6 is 34.2 Å². The van der Waals surface area contributed by atoms with E-state index in [9.17, 15) is 35.3 Å². The van der Waals surface area contributed by atoms with Crippen LogP contribution in [0.4, 0.5) is 17.6 Å². The van der Waals surface area contributed by atoms with Crippen molar-refractivity contribution in [3.05, 3.63) is 55.6 Å². The summed E-state index contributed by atoms with van der Waals surface area (Å²) >= 11 is 7.51. The topological polar surface area (TPSA) is 83.5 Å². The van der Waals surface area contributed by atoms with Gasteiger partial charge in [-0.3, -0.25) is 0 Å². The third-order valence-electron chi connectivity index (χ3n) is 2.78. The van der Waals surface area contributed by atoms with Gasteiger partial charge in [0.15, 0.2) is 11.6 Å². The summed E-state index contributed by atoms with van der Waals surface area (Å²) in [4.78, 5) is 9.58. The summed E-state index contributed by atoms with van der Waals surface area (Å²) in [6, 6.07) is 3.93. The maximum atomic E-state index is 13.8. The van der Waals surface area contributed by atoms with Crippen LogP contribution in [0.3, 0.4) is 0 Å². The van der Waals surface area contributed by atoms with Crippen LogP contribution in [-0.2, 0) is 10.1 Å². The van der Waals surface area contributed by atoms with Crippen LogP contribution < -0.4 is 4.74 Å². The Labute approximate surface area is 156 Å². The molecule has 0 saturated carbocycles. The van der Waals surface area contributed by atoms with E-state index in [-0.39, 0.29) is 10.6 Å². The Bertz CT molecular complexity index is 967. The Kier molecular flexibility index (Phi) is 5.61. The zero-order valence-corrected chi connectivity index (χ0v) is 15.2. The Morgan fingerprint density at radius 3 is 2.08 bits per heavy atom. The van der Waals surface area contributed by atoms with E-state index >= 15 is 0 Å². The van der Waals surface area contributed by atoms with Crippen LogP contribution in [0.2, 0.25) is 5.02 Å². The maximum Gasteiger partial charge on any atom is 0.345 e. The zero-order chi connectivity index (χ0) is 19.1. The van der Waals surface area contributed by atoms with E-state index in [0.717, 1.165) is 0 Å². The number of benzene rings is 2. The lowest BCUT2D eigenvalue weighted by atomic mass is 10.2. The highest BCUT2D eigenvalue weighted by Gasteiger charge is 2.31. The van der Waals surface area contributed by atoms with Crippen molar-refractivity contribution in [2.45, 2.75) is 4.90 Å². The van der Waals surface area contributed by atoms with Crippen molar-refractivity contribution >= 4 is 50.3 Å². The van der Waals surface area contributed by atoms with Gasteiger partial charge in [-0.1, -0.05) is 11.6 Å². The molecule has 0 atom stereocenters. The summed E-state index contributed by atoms with van der Waals surface area (Å²) < 4.78 is 91.7. The van der Waals surface area contributed by atoms with Crippen molar-refractivity contribution in [3.8, 4) is 5.75 Å². The molecule has 0 fully saturated rings. The fraction of sp³-hybridized carbons (Fsp3) is 0. The molecule has 2 rings (SSSR count). The predicted octanol–water partition coefficient (Wildman–Crippen LogP) is 3.62. The van der Waals surface area contributed by atoms with Crippen LogP contribution in [0.25, 0.3) is 0 Å². The van der Waals surface area contributed by atoms with Gasteiger partial charge in [-0.05, 0) is 40.8 Å². The molecule has 0 aliphatic carbocycles. The Morgan fingerprint density at radius 1 is 1.08 bits per heavy atom. The molecule has 0 bridgehead atoms. The van der Waals surface area contributed by atoms with Crippen molar-refractivity contribution in [1.82, 2.24) is 0 Å². The average Bonchev–Trinajstić information content (AvgIpc) is 2.50. The van der Waals surface area contributed by atoms with Crippen LogP contribution in [0, 0.1) is 26.8 Å². The minimum atomic E-state index is -5.86. The molecular weight excluding hydrogens is 507 g/mol. The van der Waals surface area contributed by atoms with Gasteiger partial charge in [0.1, 0.15) is 15.0 Å². The molecule has 5 nitrogen and oxygen atoms in total. The fourth-order valence-corrected chi connectivity index (χ4v) is 3.01. The number of halogens is 6. The quantitative estimate of drug-likeness (QED) is 0.158. The summed E-state index contributed by atoms with van der Waals surface area (Å²) in [5, 5.41) is -0.175. The van der Waals surface area contributed by atoms with E-state index in [1.54, 1.807) is 22.6 Å². The molecule has 0 saturated heterocycles. The van der Waals surface area contributed by atoms with Gasteiger partial charge in [0, 0.05) is 3.57 Å². The normalized spacial score (nSPS) is 11.5. The van der Waals surface area contributed by atoms with Crippen molar-refractivity contribution in [2.75, 3.05) is 0 Å². The van der Waals surface area contributed by atoms with E-state index in [0.29, 0.717) is 3.57 Å². The number of hydrogen-bond donors (Lipinski definition) is 0. The highest BCUT2D eigenvalue weighted by atomic mass is 127. The van der Waals surface area contributed by atoms with Crippen LogP contribution in [0.5, 0.6) is 5.75 Å². The molecule has 0 aromatic heterocycles. The highest BCUT2D eigenvalue weighted by Crippen LogP contribution is 2.33. The molecule has 2 aromatic carbocycles. The van der Waals surface area contributed by atoms with Crippen LogP contribution in [0.1, 0.15) is 10.4 Å². The van der Waals surface area contributed by atoms with Gasteiger partial charge < -0.3 is 9.29 Å².